The van der Waals surface area contributed by atoms with Crippen LogP contribution in [0.5, 0.6) is 5.75 Å². The van der Waals surface area contributed by atoms with Crippen molar-refractivity contribution in [3.8, 4) is 5.75 Å². The fourth-order valence-electron chi connectivity index (χ4n) is 2.69. The topological polar surface area (TPSA) is 70.0 Å². The molecule has 2 atom stereocenters. The van der Waals surface area contributed by atoms with Crippen molar-refractivity contribution < 1.29 is 24.1 Å². The number of aromatic hydroxyl groups is 1. The molecule has 0 radical (unpaired) electrons. The highest BCUT2D eigenvalue weighted by Crippen LogP contribution is 2.25. The van der Waals surface area contributed by atoms with Gasteiger partial charge in [-0.05, 0) is 31.2 Å². The highest BCUT2D eigenvalue weighted by atomic mass is 19.1. The zero-order chi connectivity index (χ0) is 15.4. The van der Waals surface area contributed by atoms with Gasteiger partial charge in [0, 0.05) is 18.2 Å². The van der Waals surface area contributed by atoms with Gasteiger partial charge in [-0.1, -0.05) is 6.92 Å². The van der Waals surface area contributed by atoms with Crippen molar-refractivity contribution in [1.29, 1.82) is 0 Å². The third-order valence-corrected chi connectivity index (χ3v) is 3.76. The Kier molecular flexibility index (Phi) is 5.14. The lowest BCUT2D eigenvalue weighted by Crippen LogP contribution is -2.43. The van der Waals surface area contributed by atoms with Crippen LogP contribution in [0.1, 0.15) is 18.9 Å². The number of carbonyl (C=O) groups is 1. The van der Waals surface area contributed by atoms with Crippen molar-refractivity contribution in [3.63, 3.8) is 0 Å². The lowest BCUT2D eigenvalue weighted by atomic mass is 10.0. The van der Waals surface area contributed by atoms with Gasteiger partial charge in [0.25, 0.3) is 0 Å². The highest BCUT2D eigenvalue weighted by Gasteiger charge is 2.37. The molecule has 1 aliphatic rings. The monoisotopic (exact) mass is 297 g/mol. The average molecular weight is 297 g/mol. The van der Waals surface area contributed by atoms with E-state index in [9.17, 15) is 19.4 Å². The molecule has 1 saturated heterocycles. The van der Waals surface area contributed by atoms with Crippen LogP contribution in [-0.4, -0.2) is 46.9 Å². The van der Waals surface area contributed by atoms with E-state index in [0.29, 0.717) is 25.3 Å². The van der Waals surface area contributed by atoms with Crippen LogP contribution in [0, 0.1) is 11.7 Å². The molecule has 1 heterocycles. The van der Waals surface area contributed by atoms with Crippen LogP contribution < -0.4 is 0 Å². The first-order valence-corrected chi connectivity index (χ1v) is 7.05. The molecule has 1 fully saturated rings. The molecule has 21 heavy (non-hydrogen) atoms. The Bertz CT molecular complexity index is 508. The van der Waals surface area contributed by atoms with Gasteiger partial charge in [-0.2, -0.15) is 0 Å². The number of benzene rings is 1. The number of nitrogens with zero attached hydrogens (tertiary/aromatic N) is 1. The van der Waals surface area contributed by atoms with Gasteiger partial charge >= 0.3 is 5.97 Å². The summed E-state index contributed by atoms with van der Waals surface area (Å²) in [6, 6.07) is 3.53. The first-order valence-electron chi connectivity index (χ1n) is 7.05. The fraction of sp³-hybridized carbons (Fsp3) is 0.533. The number of rotatable bonds is 6. The summed E-state index contributed by atoms with van der Waals surface area (Å²) in [6.45, 7) is 3.48. The second kappa shape index (κ2) is 6.87. The first-order chi connectivity index (χ1) is 10.0. The number of phenolic OH excluding ortho intramolecular Hbond substituents is 1. The molecule has 5 nitrogen and oxygen atoms in total. The Morgan fingerprint density at radius 1 is 1.48 bits per heavy atom. The molecule has 1 aromatic carbocycles. The number of halogens is 1. The van der Waals surface area contributed by atoms with Crippen LogP contribution in [0.2, 0.25) is 0 Å². The minimum atomic E-state index is -0.887. The van der Waals surface area contributed by atoms with Gasteiger partial charge in [-0.3, -0.25) is 9.69 Å². The lowest BCUT2D eigenvalue weighted by Gasteiger charge is -2.30. The molecular formula is C15H20FNO4. The van der Waals surface area contributed by atoms with Crippen LogP contribution in [-0.2, 0) is 16.1 Å². The normalized spacial score (nSPS) is 21.9. The Morgan fingerprint density at radius 2 is 2.24 bits per heavy atom. The van der Waals surface area contributed by atoms with E-state index in [2.05, 4.69) is 0 Å². The zero-order valence-electron chi connectivity index (χ0n) is 12.0. The van der Waals surface area contributed by atoms with E-state index in [0.717, 1.165) is 6.42 Å². The van der Waals surface area contributed by atoms with E-state index < -0.39 is 17.7 Å². The molecule has 0 bridgehead atoms. The largest absolute Gasteiger partial charge is 0.508 e. The molecule has 0 aliphatic carbocycles. The molecule has 2 N–H and O–H groups in total. The number of hydrogen-bond acceptors (Lipinski definition) is 4. The van der Waals surface area contributed by atoms with Crippen LogP contribution in [0.3, 0.4) is 0 Å². The second-order valence-electron chi connectivity index (χ2n) is 5.29. The van der Waals surface area contributed by atoms with Gasteiger partial charge in [-0.15, -0.1) is 0 Å². The quantitative estimate of drug-likeness (QED) is 0.838. The standard InChI is InChI=1S/C15H20FNO4/c1-2-5-17(13-9-21-8-12(13)15(19)20)7-10-6-11(16)3-4-14(10)18/h3-4,6,12-13,18H,2,5,7-9H2,1H3,(H,19,20). The van der Waals surface area contributed by atoms with E-state index in [4.69, 9.17) is 4.74 Å². The van der Waals surface area contributed by atoms with E-state index >= 15 is 0 Å². The van der Waals surface area contributed by atoms with Gasteiger partial charge in [0.05, 0.1) is 19.1 Å². The van der Waals surface area contributed by atoms with E-state index in [1.165, 1.54) is 18.2 Å². The minimum absolute atomic E-state index is 0.0169. The summed E-state index contributed by atoms with van der Waals surface area (Å²) >= 11 is 0. The van der Waals surface area contributed by atoms with Crippen molar-refractivity contribution >= 4 is 5.97 Å². The SMILES string of the molecule is CCCN(Cc1cc(F)ccc1O)C1COCC1C(=O)O. The Morgan fingerprint density at radius 3 is 2.90 bits per heavy atom. The van der Waals surface area contributed by atoms with E-state index in [1.54, 1.807) is 0 Å². The number of carboxylic acids is 1. The summed E-state index contributed by atoms with van der Waals surface area (Å²) in [6.07, 6.45) is 0.832. The number of hydrogen-bond donors (Lipinski definition) is 2. The van der Waals surface area contributed by atoms with Crippen molar-refractivity contribution in [2.24, 2.45) is 5.92 Å². The van der Waals surface area contributed by atoms with Crippen molar-refractivity contribution in [1.82, 2.24) is 4.90 Å². The summed E-state index contributed by atoms with van der Waals surface area (Å²) in [4.78, 5) is 13.2. The second-order valence-corrected chi connectivity index (χ2v) is 5.29. The molecule has 0 amide bonds. The maximum absolute atomic E-state index is 13.3. The number of phenols is 1. The van der Waals surface area contributed by atoms with Gasteiger partial charge < -0.3 is 14.9 Å². The maximum Gasteiger partial charge on any atom is 0.310 e. The van der Waals surface area contributed by atoms with Crippen molar-refractivity contribution in [2.75, 3.05) is 19.8 Å². The molecule has 0 spiro atoms. The molecule has 1 aromatic rings. The van der Waals surface area contributed by atoms with E-state index in [1.807, 2.05) is 11.8 Å². The predicted octanol–water partition coefficient (Wildman–Crippen LogP) is 1.84. The summed E-state index contributed by atoms with van der Waals surface area (Å²) < 4.78 is 18.6. The van der Waals surface area contributed by atoms with Gasteiger partial charge in [0.2, 0.25) is 0 Å². The third kappa shape index (κ3) is 3.71. The number of carboxylic acid groups (broad SMARTS) is 1. The molecule has 2 unspecified atom stereocenters. The van der Waals surface area contributed by atoms with Crippen molar-refractivity contribution in [3.05, 3.63) is 29.6 Å². The van der Waals surface area contributed by atoms with Crippen molar-refractivity contribution in [2.45, 2.75) is 25.9 Å². The van der Waals surface area contributed by atoms with Crippen LogP contribution in [0.4, 0.5) is 4.39 Å². The smallest absolute Gasteiger partial charge is 0.310 e. The molecular weight excluding hydrogens is 277 g/mol. The molecule has 2 rings (SSSR count). The molecule has 0 aromatic heterocycles. The van der Waals surface area contributed by atoms with Crippen LogP contribution in [0.25, 0.3) is 0 Å². The van der Waals surface area contributed by atoms with Crippen LogP contribution >= 0.6 is 0 Å². The fourth-order valence-corrected chi connectivity index (χ4v) is 2.69. The molecule has 1 aliphatic heterocycles. The van der Waals surface area contributed by atoms with Gasteiger partial charge in [-0.25, -0.2) is 4.39 Å². The molecule has 116 valence electrons. The third-order valence-electron chi connectivity index (χ3n) is 3.76. The van der Waals surface area contributed by atoms with Gasteiger partial charge in [0.15, 0.2) is 0 Å². The Labute approximate surface area is 122 Å². The minimum Gasteiger partial charge on any atom is -0.508 e. The Hall–Kier alpha value is -1.66. The first kappa shape index (κ1) is 15.7. The lowest BCUT2D eigenvalue weighted by molar-refractivity contribution is -0.143. The predicted molar refractivity (Wildman–Crippen MR) is 74.5 cm³/mol. The summed E-state index contributed by atoms with van der Waals surface area (Å²) in [5.74, 6) is -1.88. The summed E-state index contributed by atoms with van der Waals surface area (Å²) in [5, 5.41) is 19.1. The molecule has 0 saturated carbocycles. The van der Waals surface area contributed by atoms with Gasteiger partial charge in [0.1, 0.15) is 11.6 Å². The molecule has 6 heteroatoms. The maximum atomic E-state index is 13.3. The zero-order valence-corrected chi connectivity index (χ0v) is 12.0. The summed E-state index contributed by atoms with van der Waals surface area (Å²) in [5.41, 5.74) is 0.458. The van der Waals surface area contributed by atoms with E-state index in [-0.39, 0.29) is 18.4 Å². The van der Waals surface area contributed by atoms with Crippen LogP contribution in [0.15, 0.2) is 18.2 Å². The average Bonchev–Trinajstić information content (AvgIpc) is 2.91. The highest BCUT2D eigenvalue weighted by molar-refractivity contribution is 5.71. The Balaban J connectivity index is 2.18. The summed E-state index contributed by atoms with van der Waals surface area (Å²) in [7, 11) is 0. The number of aliphatic carboxylic acids is 1. The number of ether oxygens (including phenoxy) is 1.